The van der Waals surface area contributed by atoms with Crippen LogP contribution < -0.4 is 10.1 Å². The molecule has 0 saturated carbocycles. The van der Waals surface area contributed by atoms with Crippen LogP contribution >= 0.6 is 15.9 Å². The lowest BCUT2D eigenvalue weighted by molar-refractivity contribution is -0.155. The van der Waals surface area contributed by atoms with Gasteiger partial charge in [-0.3, -0.25) is 4.79 Å². The predicted molar refractivity (Wildman–Crippen MR) is 96.4 cm³/mol. The van der Waals surface area contributed by atoms with Crippen molar-refractivity contribution in [2.45, 2.75) is 32.9 Å². The zero-order valence-corrected chi connectivity index (χ0v) is 15.8. The average molecular weight is 410 g/mol. The second-order valence-corrected chi connectivity index (χ2v) is 6.53. The van der Waals surface area contributed by atoms with E-state index in [1.807, 2.05) is 13.8 Å². The molecular formula is C17H20BrN3O4. The number of halogens is 1. The lowest BCUT2D eigenvalue weighted by Gasteiger charge is -2.16. The number of nitrogens with one attached hydrogen (secondary N) is 1. The van der Waals surface area contributed by atoms with E-state index in [1.54, 1.807) is 41.2 Å². The number of carbonyl (C=O) groups is 2. The molecule has 1 aromatic heterocycles. The zero-order chi connectivity index (χ0) is 18.4. The maximum absolute atomic E-state index is 12.2. The molecule has 25 heavy (non-hydrogen) atoms. The van der Waals surface area contributed by atoms with Crippen LogP contribution in [0.25, 0.3) is 0 Å². The predicted octanol–water partition coefficient (Wildman–Crippen LogP) is 3.18. The largest absolute Gasteiger partial charge is 0.482 e. The van der Waals surface area contributed by atoms with E-state index in [4.69, 9.17) is 9.47 Å². The number of benzene rings is 1. The lowest BCUT2D eigenvalue weighted by Crippen LogP contribution is -2.32. The molecule has 1 amide bonds. The molecule has 0 spiro atoms. The molecule has 1 atom stereocenters. The first-order valence-corrected chi connectivity index (χ1v) is 8.58. The highest BCUT2D eigenvalue weighted by atomic mass is 79.9. The van der Waals surface area contributed by atoms with Crippen molar-refractivity contribution in [2.75, 3.05) is 11.9 Å². The van der Waals surface area contributed by atoms with Gasteiger partial charge in [0.05, 0.1) is 6.20 Å². The summed E-state index contributed by atoms with van der Waals surface area (Å²) < 4.78 is 13.0. The Bertz CT molecular complexity index is 728. The van der Waals surface area contributed by atoms with Crippen LogP contribution in [0.2, 0.25) is 0 Å². The molecule has 0 aliphatic heterocycles. The van der Waals surface area contributed by atoms with E-state index in [2.05, 4.69) is 26.3 Å². The lowest BCUT2D eigenvalue weighted by atomic mass is 10.3. The van der Waals surface area contributed by atoms with Crippen molar-refractivity contribution < 1.29 is 19.1 Å². The number of amides is 1. The van der Waals surface area contributed by atoms with Crippen molar-refractivity contribution in [3.63, 3.8) is 0 Å². The molecule has 0 radical (unpaired) electrons. The third kappa shape index (κ3) is 5.60. The number of nitrogens with zero attached hydrogens (tertiary/aromatic N) is 2. The highest BCUT2D eigenvalue weighted by molar-refractivity contribution is 9.10. The standard InChI is InChI=1S/C17H20BrN3O4/c1-11(2)21-15(8-9-19-21)20-17(23)12(3)25-16(22)10-24-14-6-4-13(18)5-7-14/h4-9,11-12H,10H2,1-3H3,(H,20,23). The quantitative estimate of drug-likeness (QED) is 0.709. The summed E-state index contributed by atoms with van der Waals surface area (Å²) in [5, 5.41) is 6.82. The topological polar surface area (TPSA) is 82.4 Å². The Kier molecular flexibility index (Phi) is 6.58. The fourth-order valence-electron chi connectivity index (χ4n) is 2.01. The van der Waals surface area contributed by atoms with Gasteiger partial charge >= 0.3 is 5.97 Å². The third-order valence-corrected chi connectivity index (χ3v) is 3.79. The van der Waals surface area contributed by atoms with Crippen molar-refractivity contribution >= 4 is 33.6 Å². The molecule has 2 rings (SSSR count). The van der Waals surface area contributed by atoms with Crippen molar-refractivity contribution in [3.8, 4) is 5.75 Å². The molecule has 2 aromatic rings. The molecule has 8 heteroatoms. The number of anilines is 1. The molecule has 0 fully saturated rings. The van der Waals surface area contributed by atoms with Crippen LogP contribution in [0.1, 0.15) is 26.8 Å². The summed E-state index contributed by atoms with van der Waals surface area (Å²) in [6, 6.07) is 8.83. The molecular weight excluding hydrogens is 390 g/mol. The fourth-order valence-corrected chi connectivity index (χ4v) is 2.27. The number of ether oxygens (including phenoxy) is 2. The maximum atomic E-state index is 12.2. The summed E-state index contributed by atoms with van der Waals surface area (Å²) in [6.45, 7) is 5.13. The van der Waals surface area contributed by atoms with E-state index >= 15 is 0 Å². The van der Waals surface area contributed by atoms with E-state index in [0.29, 0.717) is 11.6 Å². The van der Waals surface area contributed by atoms with Crippen LogP contribution in [-0.2, 0) is 14.3 Å². The summed E-state index contributed by atoms with van der Waals surface area (Å²) in [4.78, 5) is 24.0. The number of esters is 1. The highest BCUT2D eigenvalue weighted by Crippen LogP contribution is 2.16. The summed E-state index contributed by atoms with van der Waals surface area (Å²) in [5.41, 5.74) is 0. The van der Waals surface area contributed by atoms with Crippen molar-refractivity contribution in [3.05, 3.63) is 41.0 Å². The number of rotatable bonds is 7. The number of aromatic nitrogens is 2. The monoisotopic (exact) mass is 409 g/mol. The van der Waals surface area contributed by atoms with Crippen molar-refractivity contribution in [2.24, 2.45) is 0 Å². The van der Waals surface area contributed by atoms with E-state index < -0.39 is 18.0 Å². The normalized spacial score (nSPS) is 11.9. The molecule has 7 nitrogen and oxygen atoms in total. The molecule has 134 valence electrons. The number of carbonyl (C=O) groups excluding carboxylic acids is 2. The molecule has 0 bridgehead atoms. The van der Waals surface area contributed by atoms with Crippen LogP contribution in [0.3, 0.4) is 0 Å². The van der Waals surface area contributed by atoms with E-state index in [-0.39, 0.29) is 12.6 Å². The molecule has 1 aromatic carbocycles. The second-order valence-electron chi connectivity index (χ2n) is 5.62. The minimum atomic E-state index is -0.948. The van der Waals surface area contributed by atoms with Gasteiger partial charge in [0.2, 0.25) is 0 Å². The molecule has 1 heterocycles. The van der Waals surface area contributed by atoms with Gasteiger partial charge in [0.25, 0.3) is 5.91 Å². The Labute approximate surface area is 154 Å². The van der Waals surface area contributed by atoms with Crippen LogP contribution in [0, 0.1) is 0 Å². The Hall–Kier alpha value is -2.35. The Morgan fingerprint density at radius 3 is 2.52 bits per heavy atom. The van der Waals surface area contributed by atoms with Gasteiger partial charge in [-0.1, -0.05) is 15.9 Å². The fraction of sp³-hybridized carbons (Fsp3) is 0.353. The van der Waals surface area contributed by atoms with E-state index in [0.717, 1.165) is 4.47 Å². The second kappa shape index (κ2) is 8.66. The summed E-state index contributed by atoms with van der Waals surface area (Å²) in [7, 11) is 0. The van der Waals surface area contributed by atoms with E-state index in [1.165, 1.54) is 6.92 Å². The molecule has 0 aliphatic carbocycles. The first-order chi connectivity index (χ1) is 11.9. The van der Waals surface area contributed by atoms with Crippen molar-refractivity contribution in [1.82, 2.24) is 9.78 Å². The minimum Gasteiger partial charge on any atom is -0.482 e. The van der Waals surface area contributed by atoms with Gasteiger partial charge in [-0.05, 0) is 45.0 Å². The first kappa shape index (κ1) is 19.0. The molecule has 1 N–H and O–H groups in total. The van der Waals surface area contributed by atoms with Gasteiger partial charge in [-0.15, -0.1) is 0 Å². The van der Waals surface area contributed by atoms with Gasteiger partial charge in [0.1, 0.15) is 11.6 Å². The van der Waals surface area contributed by atoms with Gasteiger partial charge < -0.3 is 14.8 Å². The highest BCUT2D eigenvalue weighted by Gasteiger charge is 2.20. The van der Waals surface area contributed by atoms with Crippen LogP contribution in [0.15, 0.2) is 41.0 Å². The Balaban J connectivity index is 1.82. The average Bonchev–Trinajstić information content (AvgIpc) is 3.02. The first-order valence-electron chi connectivity index (χ1n) is 7.79. The molecule has 0 saturated heterocycles. The molecule has 1 unspecified atom stereocenters. The van der Waals surface area contributed by atoms with Gasteiger partial charge in [-0.2, -0.15) is 5.10 Å². The van der Waals surface area contributed by atoms with Crippen molar-refractivity contribution in [1.29, 1.82) is 0 Å². The van der Waals surface area contributed by atoms with Gasteiger partial charge in [-0.25, -0.2) is 9.48 Å². The van der Waals surface area contributed by atoms with Gasteiger partial charge in [0.15, 0.2) is 12.7 Å². The summed E-state index contributed by atoms with van der Waals surface area (Å²) in [6.07, 6.45) is 0.648. The van der Waals surface area contributed by atoms with E-state index in [9.17, 15) is 9.59 Å². The number of hydrogen-bond donors (Lipinski definition) is 1. The maximum Gasteiger partial charge on any atom is 0.344 e. The van der Waals surface area contributed by atoms with Crippen LogP contribution in [-0.4, -0.2) is 34.4 Å². The molecule has 0 aliphatic rings. The SMILES string of the molecule is CC(OC(=O)COc1ccc(Br)cc1)C(=O)Nc1ccnn1C(C)C. The Morgan fingerprint density at radius 2 is 1.88 bits per heavy atom. The van der Waals surface area contributed by atoms with Crippen LogP contribution in [0.4, 0.5) is 5.82 Å². The minimum absolute atomic E-state index is 0.0995. The van der Waals surface area contributed by atoms with Gasteiger partial charge in [0, 0.05) is 16.6 Å². The Morgan fingerprint density at radius 1 is 1.20 bits per heavy atom. The zero-order valence-electron chi connectivity index (χ0n) is 14.2. The number of hydrogen-bond acceptors (Lipinski definition) is 5. The van der Waals surface area contributed by atoms with Crippen LogP contribution in [0.5, 0.6) is 5.75 Å². The third-order valence-electron chi connectivity index (χ3n) is 3.26. The smallest absolute Gasteiger partial charge is 0.344 e. The summed E-state index contributed by atoms with van der Waals surface area (Å²) >= 11 is 3.31. The summed E-state index contributed by atoms with van der Waals surface area (Å²) in [5.74, 6) is 0.0365.